The van der Waals surface area contributed by atoms with E-state index in [0.717, 1.165) is 6.54 Å². The van der Waals surface area contributed by atoms with Gasteiger partial charge in [-0.15, -0.1) is 0 Å². The molecule has 0 spiro atoms. The normalized spacial score (nSPS) is 13.9. The lowest BCUT2D eigenvalue weighted by atomic mass is 10.5. The summed E-state index contributed by atoms with van der Waals surface area (Å²) < 4.78 is 0. The third-order valence-electron chi connectivity index (χ3n) is 0.938. The van der Waals surface area contributed by atoms with Gasteiger partial charge in [0.2, 0.25) is 0 Å². The topological polar surface area (TPSA) is 26.0 Å². The molecule has 0 heterocycles. The first-order valence-corrected chi connectivity index (χ1v) is 4.17. The van der Waals surface area contributed by atoms with E-state index in [1.807, 2.05) is 11.8 Å². The Labute approximate surface area is 56.0 Å². The van der Waals surface area contributed by atoms with Crippen LogP contribution in [0.25, 0.3) is 0 Å². The number of nitrogens with two attached hydrogens (primary N) is 1. The van der Waals surface area contributed by atoms with Gasteiger partial charge in [0.1, 0.15) is 0 Å². The molecule has 0 aliphatic carbocycles. The molecule has 1 atom stereocenters. The van der Waals surface area contributed by atoms with Crippen LogP contribution < -0.4 is 5.73 Å². The van der Waals surface area contributed by atoms with Crippen LogP contribution in [0.5, 0.6) is 0 Å². The summed E-state index contributed by atoms with van der Waals surface area (Å²) in [5.41, 5.74) is 5.39. The molecule has 0 rings (SSSR count). The van der Waals surface area contributed by atoms with Gasteiger partial charge in [0, 0.05) is 11.8 Å². The Kier molecular flexibility index (Phi) is 5.66. The number of hydrogen-bond donors (Lipinski definition) is 1. The minimum atomic E-state index is 0.648. The summed E-state index contributed by atoms with van der Waals surface area (Å²) in [5, 5.41) is 0.648. The van der Waals surface area contributed by atoms with Crippen molar-refractivity contribution in [3.63, 3.8) is 0 Å². The highest BCUT2D eigenvalue weighted by Crippen LogP contribution is 2.08. The van der Waals surface area contributed by atoms with Crippen molar-refractivity contribution in [3.05, 3.63) is 0 Å². The average Bonchev–Trinajstić information content (AvgIpc) is 1.83. The van der Waals surface area contributed by atoms with Crippen LogP contribution in [-0.4, -0.2) is 17.5 Å². The standard InChI is InChI=1S/C6H15NS/c1-3-4-8-6(2)5-7/h6H,3-5,7H2,1-2H3. The van der Waals surface area contributed by atoms with E-state index in [-0.39, 0.29) is 0 Å². The second-order valence-electron chi connectivity index (χ2n) is 1.92. The zero-order chi connectivity index (χ0) is 6.41. The Morgan fingerprint density at radius 3 is 2.62 bits per heavy atom. The maximum absolute atomic E-state index is 5.39. The maximum atomic E-state index is 5.39. The van der Waals surface area contributed by atoms with Crippen LogP contribution in [0.15, 0.2) is 0 Å². The van der Waals surface area contributed by atoms with E-state index in [9.17, 15) is 0 Å². The molecule has 0 saturated carbocycles. The van der Waals surface area contributed by atoms with E-state index < -0.39 is 0 Å². The molecule has 0 amide bonds. The number of thioether (sulfide) groups is 1. The highest BCUT2D eigenvalue weighted by atomic mass is 32.2. The van der Waals surface area contributed by atoms with Crippen LogP contribution in [0.2, 0.25) is 0 Å². The van der Waals surface area contributed by atoms with E-state index in [4.69, 9.17) is 5.73 Å². The summed E-state index contributed by atoms with van der Waals surface area (Å²) in [5.74, 6) is 1.25. The van der Waals surface area contributed by atoms with Gasteiger partial charge in [-0.1, -0.05) is 13.8 Å². The molecule has 50 valence electrons. The van der Waals surface area contributed by atoms with E-state index in [1.165, 1.54) is 12.2 Å². The molecule has 0 aromatic rings. The zero-order valence-corrected chi connectivity index (χ0v) is 6.50. The predicted octanol–water partition coefficient (Wildman–Crippen LogP) is 1.48. The predicted molar refractivity (Wildman–Crippen MR) is 41.3 cm³/mol. The maximum Gasteiger partial charge on any atom is 0.0141 e. The molecule has 0 aromatic heterocycles. The molecule has 8 heavy (non-hydrogen) atoms. The Morgan fingerprint density at radius 1 is 1.62 bits per heavy atom. The first-order chi connectivity index (χ1) is 3.81. The molecule has 0 fully saturated rings. The van der Waals surface area contributed by atoms with Crippen molar-refractivity contribution in [2.24, 2.45) is 5.73 Å². The van der Waals surface area contributed by atoms with Gasteiger partial charge in [-0.2, -0.15) is 11.8 Å². The monoisotopic (exact) mass is 133 g/mol. The molecule has 0 bridgehead atoms. The molecular formula is C6H15NS. The fraction of sp³-hybridized carbons (Fsp3) is 1.00. The molecule has 0 aromatic carbocycles. The Balaban J connectivity index is 2.86. The van der Waals surface area contributed by atoms with Crippen molar-refractivity contribution in [2.75, 3.05) is 12.3 Å². The summed E-state index contributed by atoms with van der Waals surface area (Å²) in [7, 11) is 0. The number of rotatable bonds is 4. The van der Waals surface area contributed by atoms with Gasteiger partial charge in [-0.05, 0) is 12.2 Å². The average molecular weight is 133 g/mol. The van der Waals surface area contributed by atoms with Gasteiger partial charge in [-0.3, -0.25) is 0 Å². The molecule has 0 saturated heterocycles. The van der Waals surface area contributed by atoms with Crippen LogP contribution in [0.4, 0.5) is 0 Å². The minimum Gasteiger partial charge on any atom is -0.329 e. The Hall–Kier alpha value is 0.310. The van der Waals surface area contributed by atoms with Crippen molar-refractivity contribution in [2.45, 2.75) is 25.5 Å². The van der Waals surface area contributed by atoms with Crippen LogP contribution in [0.3, 0.4) is 0 Å². The van der Waals surface area contributed by atoms with Crippen LogP contribution in [-0.2, 0) is 0 Å². The summed E-state index contributed by atoms with van der Waals surface area (Å²) in [6.07, 6.45) is 1.26. The molecule has 1 unspecified atom stereocenters. The quantitative estimate of drug-likeness (QED) is 0.628. The summed E-state index contributed by atoms with van der Waals surface area (Å²) in [6.45, 7) is 5.17. The van der Waals surface area contributed by atoms with Gasteiger partial charge < -0.3 is 5.73 Å². The molecular weight excluding hydrogens is 118 g/mol. The van der Waals surface area contributed by atoms with Crippen LogP contribution in [0, 0.1) is 0 Å². The zero-order valence-electron chi connectivity index (χ0n) is 5.68. The van der Waals surface area contributed by atoms with Crippen molar-refractivity contribution in [1.82, 2.24) is 0 Å². The lowest BCUT2D eigenvalue weighted by Crippen LogP contribution is -2.12. The summed E-state index contributed by atoms with van der Waals surface area (Å²) in [6, 6.07) is 0. The van der Waals surface area contributed by atoms with Gasteiger partial charge in [-0.25, -0.2) is 0 Å². The van der Waals surface area contributed by atoms with Gasteiger partial charge in [0.05, 0.1) is 0 Å². The number of hydrogen-bond acceptors (Lipinski definition) is 2. The second-order valence-corrected chi connectivity index (χ2v) is 3.46. The van der Waals surface area contributed by atoms with Crippen LogP contribution >= 0.6 is 11.8 Å². The van der Waals surface area contributed by atoms with Gasteiger partial charge in [0.25, 0.3) is 0 Å². The van der Waals surface area contributed by atoms with E-state index >= 15 is 0 Å². The first kappa shape index (κ1) is 8.31. The van der Waals surface area contributed by atoms with Crippen molar-refractivity contribution in [3.8, 4) is 0 Å². The minimum absolute atomic E-state index is 0.648. The third kappa shape index (κ3) is 4.47. The smallest absolute Gasteiger partial charge is 0.0141 e. The lowest BCUT2D eigenvalue weighted by molar-refractivity contribution is 0.946. The van der Waals surface area contributed by atoms with Gasteiger partial charge in [0.15, 0.2) is 0 Å². The van der Waals surface area contributed by atoms with Gasteiger partial charge >= 0.3 is 0 Å². The van der Waals surface area contributed by atoms with E-state index in [0.29, 0.717) is 5.25 Å². The highest BCUT2D eigenvalue weighted by molar-refractivity contribution is 7.99. The van der Waals surface area contributed by atoms with Crippen molar-refractivity contribution < 1.29 is 0 Å². The fourth-order valence-electron chi connectivity index (χ4n) is 0.387. The first-order valence-electron chi connectivity index (χ1n) is 3.13. The third-order valence-corrected chi connectivity index (χ3v) is 2.34. The lowest BCUT2D eigenvalue weighted by Gasteiger charge is -2.04. The van der Waals surface area contributed by atoms with E-state index in [2.05, 4.69) is 13.8 Å². The van der Waals surface area contributed by atoms with Crippen molar-refractivity contribution >= 4 is 11.8 Å². The van der Waals surface area contributed by atoms with Crippen molar-refractivity contribution in [1.29, 1.82) is 0 Å². The second kappa shape index (κ2) is 5.45. The molecule has 2 N–H and O–H groups in total. The van der Waals surface area contributed by atoms with Crippen LogP contribution in [0.1, 0.15) is 20.3 Å². The Bertz CT molecular complexity index is 47.8. The Morgan fingerprint density at radius 2 is 2.25 bits per heavy atom. The molecule has 0 radical (unpaired) electrons. The molecule has 2 heteroatoms. The molecule has 0 aliphatic heterocycles. The highest BCUT2D eigenvalue weighted by Gasteiger charge is 1.95. The van der Waals surface area contributed by atoms with E-state index in [1.54, 1.807) is 0 Å². The fourth-order valence-corrected chi connectivity index (χ4v) is 1.16. The summed E-state index contributed by atoms with van der Waals surface area (Å²) >= 11 is 1.95. The SMILES string of the molecule is CCCSC(C)CN. The molecule has 1 nitrogen and oxygen atoms in total. The largest absolute Gasteiger partial charge is 0.329 e. The molecule has 0 aliphatic rings. The summed E-state index contributed by atoms with van der Waals surface area (Å²) in [4.78, 5) is 0.